The van der Waals surface area contributed by atoms with E-state index < -0.39 is 11.9 Å². The van der Waals surface area contributed by atoms with Crippen LogP contribution in [0.2, 0.25) is 0 Å². The van der Waals surface area contributed by atoms with Crippen LogP contribution in [-0.4, -0.2) is 42.9 Å². The molecule has 0 saturated heterocycles. The molecule has 3 amide bonds. The van der Waals surface area contributed by atoms with Gasteiger partial charge in [-0.25, -0.2) is 4.79 Å². The highest BCUT2D eigenvalue weighted by atomic mass is 79.9. The second-order valence-corrected chi connectivity index (χ2v) is 5.06. The summed E-state index contributed by atoms with van der Waals surface area (Å²) in [5.41, 5.74) is 6.07. The predicted molar refractivity (Wildman–Crippen MR) is 72.9 cm³/mol. The summed E-state index contributed by atoms with van der Waals surface area (Å²) in [4.78, 5) is 26.2. The zero-order valence-electron chi connectivity index (χ0n) is 10.6. The lowest BCUT2D eigenvalue weighted by atomic mass is 10.1. The summed E-state index contributed by atoms with van der Waals surface area (Å²) in [7, 11) is 4.80. The van der Waals surface area contributed by atoms with Gasteiger partial charge >= 0.3 is 6.03 Å². The Morgan fingerprint density at radius 3 is 2.33 bits per heavy atom. The summed E-state index contributed by atoms with van der Waals surface area (Å²) >= 11 is 3.33. The van der Waals surface area contributed by atoms with Gasteiger partial charge in [-0.3, -0.25) is 4.79 Å². The van der Waals surface area contributed by atoms with Crippen LogP contribution >= 0.6 is 15.9 Å². The minimum absolute atomic E-state index is 0.279. The highest BCUT2D eigenvalue weighted by Gasteiger charge is 2.27. The fourth-order valence-electron chi connectivity index (χ4n) is 1.68. The minimum atomic E-state index is -0.780. The van der Waals surface area contributed by atoms with Gasteiger partial charge in [-0.2, -0.15) is 0 Å². The van der Waals surface area contributed by atoms with E-state index in [0.29, 0.717) is 5.56 Å². The molecule has 0 radical (unpaired) electrons. The Hall–Kier alpha value is -1.56. The van der Waals surface area contributed by atoms with Gasteiger partial charge in [0.1, 0.15) is 6.04 Å². The van der Waals surface area contributed by atoms with Crippen LogP contribution in [0.15, 0.2) is 28.7 Å². The van der Waals surface area contributed by atoms with Crippen LogP contribution in [0.25, 0.3) is 0 Å². The number of carbonyl (C=O) groups excluding carboxylic acids is 2. The third-order valence-corrected chi connectivity index (χ3v) is 3.00. The van der Waals surface area contributed by atoms with Crippen LogP contribution in [0.5, 0.6) is 0 Å². The molecule has 98 valence electrons. The van der Waals surface area contributed by atoms with Gasteiger partial charge in [-0.05, 0) is 17.7 Å². The van der Waals surface area contributed by atoms with E-state index in [-0.39, 0.29) is 6.03 Å². The van der Waals surface area contributed by atoms with Crippen LogP contribution in [-0.2, 0) is 4.79 Å². The van der Waals surface area contributed by atoms with Crippen molar-refractivity contribution in [2.75, 3.05) is 21.1 Å². The number of hydrogen-bond donors (Lipinski definition) is 1. The third-order valence-electron chi connectivity index (χ3n) is 2.51. The summed E-state index contributed by atoms with van der Waals surface area (Å²) < 4.78 is 0.831. The molecule has 0 heterocycles. The van der Waals surface area contributed by atoms with E-state index in [0.717, 1.165) is 4.47 Å². The summed E-state index contributed by atoms with van der Waals surface area (Å²) in [6.45, 7) is 0. The van der Waals surface area contributed by atoms with Gasteiger partial charge in [0.2, 0.25) is 5.91 Å². The molecule has 1 aromatic carbocycles. The van der Waals surface area contributed by atoms with Crippen LogP contribution in [0.3, 0.4) is 0 Å². The van der Waals surface area contributed by atoms with Crippen molar-refractivity contribution in [3.8, 4) is 0 Å². The number of amides is 3. The molecule has 18 heavy (non-hydrogen) atoms. The number of nitrogens with zero attached hydrogens (tertiary/aromatic N) is 2. The molecule has 0 saturated carbocycles. The highest BCUT2D eigenvalue weighted by Crippen LogP contribution is 2.23. The lowest BCUT2D eigenvalue weighted by Crippen LogP contribution is -2.43. The van der Waals surface area contributed by atoms with E-state index in [1.807, 2.05) is 6.07 Å². The Balaban J connectivity index is 3.11. The molecular weight excluding hydrogens is 298 g/mol. The molecular formula is C12H16BrN3O2. The molecule has 6 heteroatoms. The number of likely N-dealkylation sites (N-methyl/N-ethyl adjacent to an activating group) is 1. The van der Waals surface area contributed by atoms with Crippen molar-refractivity contribution in [1.82, 2.24) is 9.80 Å². The van der Waals surface area contributed by atoms with Crippen LogP contribution in [0.4, 0.5) is 4.79 Å². The van der Waals surface area contributed by atoms with Crippen LogP contribution in [0, 0.1) is 0 Å². The minimum Gasteiger partial charge on any atom is -0.368 e. The molecule has 1 atom stereocenters. The summed E-state index contributed by atoms with van der Waals surface area (Å²) in [6.07, 6.45) is 0. The Morgan fingerprint density at radius 2 is 1.89 bits per heavy atom. The molecule has 5 nitrogen and oxygen atoms in total. The second kappa shape index (κ2) is 5.86. The van der Waals surface area contributed by atoms with E-state index in [4.69, 9.17) is 5.73 Å². The molecule has 0 aliphatic heterocycles. The highest BCUT2D eigenvalue weighted by molar-refractivity contribution is 9.10. The van der Waals surface area contributed by atoms with Crippen molar-refractivity contribution < 1.29 is 9.59 Å². The molecule has 0 unspecified atom stereocenters. The zero-order valence-corrected chi connectivity index (χ0v) is 12.1. The lowest BCUT2D eigenvalue weighted by Gasteiger charge is -2.28. The number of halogens is 1. The van der Waals surface area contributed by atoms with Crippen molar-refractivity contribution >= 4 is 27.9 Å². The molecule has 0 aliphatic carbocycles. The van der Waals surface area contributed by atoms with Crippen molar-refractivity contribution in [2.45, 2.75) is 6.04 Å². The third kappa shape index (κ3) is 3.22. The second-order valence-electron chi connectivity index (χ2n) is 4.15. The van der Waals surface area contributed by atoms with E-state index in [2.05, 4.69) is 15.9 Å². The average Bonchev–Trinajstić information content (AvgIpc) is 2.27. The van der Waals surface area contributed by atoms with Gasteiger partial charge < -0.3 is 15.5 Å². The van der Waals surface area contributed by atoms with E-state index in [1.165, 1.54) is 9.80 Å². The van der Waals surface area contributed by atoms with Crippen LogP contribution in [0.1, 0.15) is 11.6 Å². The maximum absolute atomic E-state index is 11.9. The smallest absolute Gasteiger partial charge is 0.320 e. The number of hydrogen-bond acceptors (Lipinski definition) is 2. The number of rotatable bonds is 3. The molecule has 0 aromatic heterocycles. The predicted octanol–water partition coefficient (Wildman–Crippen LogP) is 1.59. The fourth-order valence-corrected chi connectivity index (χ4v) is 2.10. The topological polar surface area (TPSA) is 66.6 Å². The first-order chi connectivity index (χ1) is 8.34. The van der Waals surface area contributed by atoms with Gasteiger partial charge in [0.15, 0.2) is 0 Å². The Kier molecular flexibility index (Phi) is 4.72. The summed E-state index contributed by atoms with van der Waals surface area (Å²) in [5.74, 6) is -0.564. The van der Waals surface area contributed by atoms with Gasteiger partial charge in [0.25, 0.3) is 0 Å². The number of urea groups is 1. The number of carbonyl (C=O) groups is 2. The van der Waals surface area contributed by atoms with Crippen molar-refractivity contribution in [2.24, 2.45) is 5.73 Å². The fraction of sp³-hybridized carbons (Fsp3) is 0.333. The van der Waals surface area contributed by atoms with Crippen molar-refractivity contribution in [3.05, 3.63) is 34.3 Å². The molecule has 0 spiro atoms. The molecule has 1 rings (SSSR count). The molecule has 0 fully saturated rings. The monoisotopic (exact) mass is 313 g/mol. The quantitative estimate of drug-likeness (QED) is 0.920. The number of primary amides is 1. The Morgan fingerprint density at radius 1 is 1.28 bits per heavy atom. The average molecular weight is 314 g/mol. The van der Waals surface area contributed by atoms with Gasteiger partial charge in [-0.1, -0.05) is 28.1 Å². The summed E-state index contributed by atoms with van der Waals surface area (Å²) in [6, 6.07) is 6.11. The first kappa shape index (κ1) is 14.5. The van der Waals surface area contributed by atoms with Crippen molar-refractivity contribution in [1.29, 1.82) is 0 Å². The molecule has 0 bridgehead atoms. The van der Waals surface area contributed by atoms with Crippen LogP contribution < -0.4 is 5.73 Å². The van der Waals surface area contributed by atoms with Gasteiger partial charge in [-0.15, -0.1) is 0 Å². The molecule has 1 aromatic rings. The summed E-state index contributed by atoms with van der Waals surface area (Å²) in [5, 5.41) is 0. The standard InChI is InChI=1S/C12H16BrN3O2/c1-15(2)12(18)16(3)10(11(14)17)8-5-4-6-9(13)7-8/h4-7,10H,1-3H3,(H2,14,17)/t10-/m0/s1. The van der Waals surface area contributed by atoms with E-state index >= 15 is 0 Å². The maximum atomic E-state index is 11.9. The molecule has 2 N–H and O–H groups in total. The van der Waals surface area contributed by atoms with Gasteiger partial charge in [0.05, 0.1) is 0 Å². The first-order valence-corrected chi connectivity index (χ1v) is 6.12. The van der Waals surface area contributed by atoms with E-state index in [9.17, 15) is 9.59 Å². The van der Waals surface area contributed by atoms with Crippen molar-refractivity contribution in [3.63, 3.8) is 0 Å². The Labute approximate surface area is 115 Å². The number of nitrogens with two attached hydrogens (primary N) is 1. The number of benzene rings is 1. The Bertz CT molecular complexity index is 462. The van der Waals surface area contributed by atoms with Gasteiger partial charge in [0, 0.05) is 25.6 Å². The first-order valence-electron chi connectivity index (χ1n) is 5.33. The van der Waals surface area contributed by atoms with E-state index in [1.54, 1.807) is 39.3 Å². The maximum Gasteiger partial charge on any atom is 0.320 e. The zero-order chi connectivity index (χ0) is 13.9. The lowest BCUT2D eigenvalue weighted by molar-refractivity contribution is -0.122. The molecule has 0 aliphatic rings. The normalized spacial score (nSPS) is 11.8. The SMILES string of the molecule is CN(C)C(=O)N(C)[C@H](C(N)=O)c1cccc(Br)c1. The largest absolute Gasteiger partial charge is 0.368 e.